The number of halogens is 1. The van der Waals surface area contributed by atoms with Gasteiger partial charge in [-0.25, -0.2) is 4.98 Å². The van der Waals surface area contributed by atoms with Crippen LogP contribution >= 0.6 is 11.6 Å². The van der Waals surface area contributed by atoms with Crippen LogP contribution in [0.5, 0.6) is 23.1 Å². The number of carbonyl (C=O) groups excluding carboxylic acids is 1. The van der Waals surface area contributed by atoms with Crippen LogP contribution in [0.25, 0.3) is 5.57 Å². The Morgan fingerprint density at radius 3 is 2.30 bits per heavy atom. The molecule has 0 aliphatic carbocycles. The van der Waals surface area contributed by atoms with Crippen LogP contribution in [0.15, 0.2) is 54.6 Å². The van der Waals surface area contributed by atoms with Crippen molar-refractivity contribution in [3.63, 3.8) is 0 Å². The number of nitrogens with zero attached hydrogens (tertiary/aromatic N) is 4. The van der Waals surface area contributed by atoms with Crippen molar-refractivity contribution in [2.24, 2.45) is 0 Å². The van der Waals surface area contributed by atoms with Crippen molar-refractivity contribution in [3.8, 4) is 23.1 Å². The lowest BCUT2D eigenvalue weighted by atomic mass is 9.96. The van der Waals surface area contributed by atoms with Crippen LogP contribution in [-0.2, 0) is 9.53 Å². The predicted molar refractivity (Wildman–Crippen MR) is 142 cm³/mol. The van der Waals surface area contributed by atoms with E-state index in [1.807, 2.05) is 56.6 Å². The van der Waals surface area contributed by atoms with Gasteiger partial charge in [0.1, 0.15) is 10.9 Å². The standard InChI is InChI=1S/C27H29ClN4O5/c1-31(2)27-29-24(28)17-25(30-27)37-20-8-5-18(6-9-20)21(16-26(33)32-11-13-36-14-12-32)19-7-10-22(34-3)23(15-19)35-4/h5-10,15-17H,11-14H2,1-4H3. The van der Waals surface area contributed by atoms with Gasteiger partial charge in [-0.05, 0) is 41.0 Å². The van der Waals surface area contributed by atoms with E-state index in [4.69, 9.17) is 30.5 Å². The third-order valence-corrected chi connectivity index (χ3v) is 5.93. The molecular formula is C27H29ClN4O5. The van der Waals surface area contributed by atoms with E-state index >= 15 is 0 Å². The summed E-state index contributed by atoms with van der Waals surface area (Å²) in [6, 6.07) is 14.5. The number of aromatic nitrogens is 2. The second kappa shape index (κ2) is 11.9. The molecule has 1 amide bonds. The first kappa shape index (κ1) is 26.2. The normalized spacial score (nSPS) is 13.8. The topological polar surface area (TPSA) is 86.2 Å². The molecule has 0 radical (unpaired) electrons. The fourth-order valence-electron chi connectivity index (χ4n) is 3.80. The van der Waals surface area contributed by atoms with Crippen molar-refractivity contribution in [1.29, 1.82) is 0 Å². The van der Waals surface area contributed by atoms with E-state index in [2.05, 4.69) is 9.97 Å². The Balaban J connectivity index is 1.66. The smallest absolute Gasteiger partial charge is 0.247 e. The quantitative estimate of drug-likeness (QED) is 0.318. The van der Waals surface area contributed by atoms with Gasteiger partial charge in [0, 0.05) is 39.3 Å². The number of anilines is 1. The maximum absolute atomic E-state index is 13.1. The monoisotopic (exact) mass is 524 g/mol. The lowest BCUT2D eigenvalue weighted by Gasteiger charge is -2.26. The SMILES string of the molecule is COc1ccc(C(=CC(=O)N2CCOCC2)c2ccc(Oc3cc(Cl)nc(N(C)C)n3)cc2)cc1OC. The van der Waals surface area contributed by atoms with Gasteiger partial charge in [-0.15, -0.1) is 0 Å². The molecule has 1 aromatic heterocycles. The third-order valence-electron chi connectivity index (χ3n) is 5.73. The van der Waals surface area contributed by atoms with Crippen molar-refractivity contribution in [2.45, 2.75) is 0 Å². The molecule has 9 nitrogen and oxygen atoms in total. The van der Waals surface area contributed by atoms with Crippen LogP contribution in [-0.4, -0.2) is 75.4 Å². The zero-order chi connectivity index (χ0) is 26.4. The third kappa shape index (κ3) is 6.49. The highest BCUT2D eigenvalue weighted by Gasteiger charge is 2.18. The zero-order valence-electron chi connectivity index (χ0n) is 21.2. The van der Waals surface area contributed by atoms with Crippen molar-refractivity contribution < 1.29 is 23.7 Å². The predicted octanol–water partition coefficient (Wildman–Crippen LogP) is 4.30. The largest absolute Gasteiger partial charge is 0.493 e. The molecule has 194 valence electrons. The number of rotatable bonds is 8. The first-order valence-corrected chi connectivity index (χ1v) is 12.1. The Hall–Kier alpha value is -3.82. The molecule has 2 heterocycles. The van der Waals surface area contributed by atoms with E-state index in [-0.39, 0.29) is 11.1 Å². The number of amides is 1. The van der Waals surface area contributed by atoms with E-state index in [1.54, 1.807) is 36.2 Å². The Labute approximate surface area is 221 Å². The average molecular weight is 525 g/mol. The highest BCUT2D eigenvalue weighted by atomic mass is 35.5. The van der Waals surface area contributed by atoms with Crippen LogP contribution in [0.3, 0.4) is 0 Å². The number of hydrogen-bond donors (Lipinski definition) is 0. The Morgan fingerprint density at radius 1 is 0.973 bits per heavy atom. The number of hydrogen-bond acceptors (Lipinski definition) is 8. The molecule has 0 N–H and O–H groups in total. The lowest BCUT2D eigenvalue weighted by molar-refractivity contribution is -0.129. The van der Waals surface area contributed by atoms with Gasteiger partial charge in [-0.1, -0.05) is 29.8 Å². The van der Waals surface area contributed by atoms with Gasteiger partial charge >= 0.3 is 0 Å². The zero-order valence-corrected chi connectivity index (χ0v) is 22.0. The molecule has 0 atom stereocenters. The van der Waals surface area contributed by atoms with Gasteiger partial charge in [0.05, 0.1) is 27.4 Å². The minimum atomic E-state index is -0.0831. The molecule has 1 aliphatic heterocycles. The Kier molecular flexibility index (Phi) is 8.47. The maximum atomic E-state index is 13.1. The van der Waals surface area contributed by atoms with Crippen molar-refractivity contribution in [3.05, 3.63) is 70.9 Å². The van der Waals surface area contributed by atoms with Crippen molar-refractivity contribution in [1.82, 2.24) is 14.9 Å². The summed E-state index contributed by atoms with van der Waals surface area (Å²) in [4.78, 5) is 25.2. The summed E-state index contributed by atoms with van der Waals surface area (Å²) in [5.41, 5.74) is 2.38. The molecule has 0 bridgehead atoms. The molecule has 0 spiro atoms. The molecule has 3 aromatic rings. The summed E-state index contributed by atoms with van der Waals surface area (Å²) in [5.74, 6) is 2.43. The molecule has 1 aliphatic rings. The second-order valence-electron chi connectivity index (χ2n) is 8.42. The van der Waals surface area contributed by atoms with Gasteiger partial charge in [0.2, 0.25) is 17.7 Å². The van der Waals surface area contributed by atoms with Crippen LogP contribution < -0.4 is 19.1 Å². The summed E-state index contributed by atoms with van der Waals surface area (Å²) in [6.07, 6.45) is 1.65. The van der Waals surface area contributed by atoms with Gasteiger partial charge in [-0.3, -0.25) is 4.79 Å². The molecule has 1 fully saturated rings. The second-order valence-corrected chi connectivity index (χ2v) is 8.80. The molecule has 4 rings (SSSR count). The van der Waals surface area contributed by atoms with Gasteiger partial charge in [0.25, 0.3) is 0 Å². The molecular weight excluding hydrogens is 496 g/mol. The van der Waals surface area contributed by atoms with Crippen molar-refractivity contribution >= 4 is 29.0 Å². The minimum absolute atomic E-state index is 0.0831. The van der Waals surface area contributed by atoms with E-state index in [0.29, 0.717) is 55.4 Å². The summed E-state index contributed by atoms with van der Waals surface area (Å²) in [7, 11) is 6.81. The summed E-state index contributed by atoms with van der Waals surface area (Å²) >= 11 is 6.13. The summed E-state index contributed by atoms with van der Waals surface area (Å²) in [5, 5.41) is 0.283. The highest BCUT2D eigenvalue weighted by Crippen LogP contribution is 2.34. The van der Waals surface area contributed by atoms with Gasteiger partial charge in [0.15, 0.2) is 11.5 Å². The van der Waals surface area contributed by atoms with Crippen LogP contribution in [0, 0.1) is 0 Å². The van der Waals surface area contributed by atoms with Crippen LogP contribution in [0.4, 0.5) is 5.95 Å². The van der Waals surface area contributed by atoms with Crippen LogP contribution in [0.1, 0.15) is 11.1 Å². The average Bonchev–Trinajstić information content (AvgIpc) is 2.92. The summed E-state index contributed by atoms with van der Waals surface area (Å²) < 4.78 is 22.2. The first-order chi connectivity index (χ1) is 17.9. The number of morpholine rings is 1. The first-order valence-electron chi connectivity index (χ1n) is 11.7. The Bertz CT molecular complexity index is 1270. The fraction of sp³-hybridized carbons (Fsp3) is 0.296. The van der Waals surface area contributed by atoms with E-state index in [0.717, 1.165) is 16.7 Å². The molecule has 0 unspecified atom stereocenters. The molecule has 0 saturated carbocycles. The maximum Gasteiger partial charge on any atom is 0.247 e. The molecule has 2 aromatic carbocycles. The minimum Gasteiger partial charge on any atom is -0.493 e. The Morgan fingerprint density at radius 2 is 1.65 bits per heavy atom. The number of ether oxygens (including phenoxy) is 4. The number of carbonyl (C=O) groups is 1. The van der Waals surface area contributed by atoms with Gasteiger partial charge < -0.3 is 28.7 Å². The molecule has 37 heavy (non-hydrogen) atoms. The summed E-state index contributed by atoms with van der Waals surface area (Å²) in [6.45, 7) is 2.16. The van der Waals surface area contributed by atoms with Crippen molar-refractivity contribution in [2.75, 3.05) is 59.5 Å². The fourth-order valence-corrected chi connectivity index (χ4v) is 3.97. The highest BCUT2D eigenvalue weighted by molar-refractivity contribution is 6.29. The lowest BCUT2D eigenvalue weighted by Crippen LogP contribution is -2.39. The number of benzene rings is 2. The molecule has 1 saturated heterocycles. The van der Waals surface area contributed by atoms with Gasteiger partial charge in [-0.2, -0.15) is 4.98 Å². The van der Waals surface area contributed by atoms with E-state index in [9.17, 15) is 4.79 Å². The molecule has 10 heteroatoms. The van der Waals surface area contributed by atoms with Crippen LogP contribution in [0.2, 0.25) is 5.15 Å². The number of methoxy groups -OCH3 is 2. The van der Waals surface area contributed by atoms with E-state index < -0.39 is 0 Å². The van der Waals surface area contributed by atoms with E-state index in [1.165, 1.54) is 0 Å².